The first-order chi connectivity index (χ1) is 25.0. The van der Waals surface area contributed by atoms with E-state index in [1.807, 2.05) is 6.92 Å². The topological polar surface area (TPSA) is 321 Å². The third kappa shape index (κ3) is 23.5. The summed E-state index contributed by atoms with van der Waals surface area (Å²) in [5.74, 6) is -8.55. The lowest BCUT2D eigenvalue weighted by atomic mass is 10.0. The summed E-state index contributed by atoms with van der Waals surface area (Å²) in [5, 5.41) is 49.7. The molecule has 0 aliphatic heterocycles. The van der Waals surface area contributed by atoms with E-state index in [2.05, 4.69) is 33.5 Å². The lowest BCUT2D eigenvalue weighted by Crippen LogP contribution is -2.45. The second-order valence-corrected chi connectivity index (χ2v) is 12.8. The molecule has 0 rings (SSSR count). The minimum atomic E-state index is -1.59. The van der Waals surface area contributed by atoms with Gasteiger partial charge in [0.2, 0.25) is 23.6 Å². The molecule has 0 fully saturated rings. The number of unbranched alkanes of at least 4 members (excludes halogenated alkanes) is 3. The third-order valence-corrected chi connectivity index (χ3v) is 8.18. The Morgan fingerprint density at radius 2 is 0.925 bits per heavy atom. The average Bonchev–Trinajstić information content (AvgIpc) is 3.09. The minimum absolute atomic E-state index is 0.187. The molecule has 0 saturated heterocycles. The van der Waals surface area contributed by atoms with Gasteiger partial charge < -0.3 is 52.7 Å². The van der Waals surface area contributed by atoms with Crippen molar-refractivity contribution in [1.82, 2.24) is 26.6 Å². The fraction of sp³-hybridized carbons (Fsp3) is 0.735. The number of carboxylic acids is 4. The van der Waals surface area contributed by atoms with Crippen molar-refractivity contribution in [1.29, 1.82) is 0 Å². The number of carbonyl (C=O) groups is 9. The number of carbonyl (C=O) groups excluding carboxylic acids is 5. The number of rotatable bonds is 32. The Hall–Kier alpha value is -4.65. The monoisotopic (exact) mass is 758 g/mol. The lowest BCUT2D eigenvalue weighted by Gasteiger charge is -2.18. The molecule has 0 spiro atoms. The number of amides is 4. The Morgan fingerprint density at radius 1 is 0.472 bits per heavy atom. The van der Waals surface area contributed by atoms with Gasteiger partial charge in [0.05, 0.1) is 6.04 Å². The van der Waals surface area contributed by atoms with Gasteiger partial charge in [-0.3, -0.25) is 28.8 Å². The largest absolute Gasteiger partial charge is 0.480 e. The molecule has 19 heteroatoms. The molecule has 1 unspecified atom stereocenters. The normalized spacial score (nSPS) is 13.7. The highest BCUT2D eigenvalue weighted by atomic mass is 16.4. The Kier molecular flexibility index (Phi) is 25.5. The molecule has 19 nitrogen and oxygen atoms in total. The molecule has 0 aliphatic carbocycles. The predicted molar refractivity (Wildman–Crippen MR) is 189 cm³/mol. The van der Waals surface area contributed by atoms with E-state index in [0.29, 0.717) is 32.2 Å². The van der Waals surface area contributed by atoms with Gasteiger partial charge in [0, 0.05) is 38.6 Å². The summed E-state index contributed by atoms with van der Waals surface area (Å²) in [6.07, 6.45) is 3.26. The van der Waals surface area contributed by atoms with Crippen LogP contribution in [0.1, 0.15) is 117 Å². The van der Waals surface area contributed by atoms with Crippen molar-refractivity contribution >= 4 is 53.3 Å². The van der Waals surface area contributed by atoms with Crippen LogP contribution in [0.25, 0.3) is 0 Å². The average molecular weight is 759 g/mol. The van der Waals surface area contributed by atoms with Gasteiger partial charge in [-0.15, -0.1) is 0 Å². The van der Waals surface area contributed by atoms with Crippen LogP contribution in [0.5, 0.6) is 0 Å². The van der Waals surface area contributed by atoms with Crippen molar-refractivity contribution in [3.8, 4) is 0 Å². The molecule has 5 atom stereocenters. The van der Waals surface area contributed by atoms with Gasteiger partial charge in [-0.05, 0) is 64.3 Å². The Bertz CT molecular complexity index is 1230. The second-order valence-electron chi connectivity index (χ2n) is 12.8. The van der Waals surface area contributed by atoms with E-state index in [1.54, 1.807) is 0 Å². The third-order valence-electron chi connectivity index (χ3n) is 8.18. The Labute approximate surface area is 309 Å². The van der Waals surface area contributed by atoms with E-state index >= 15 is 0 Å². The van der Waals surface area contributed by atoms with Crippen LogP contribution in [0.2, 0.25) is 0 Å². The second kappa shape index (κ2) is 27.9. The van der Waals surface area contributed by atoms with E-state index in [-0.39, 0.29) is 37.5 Å². The van der Waals surface area contributed by atoms with E-state index in [0.717, 1.165) is 32.2 Å². The summed E-state index contributed by atoms with van der Waals surface area (Å²) >= 11 is 0. The summed E-state index contributed by atoms with van der Waals surface area (Å²) < 4.78 is 0. The number of Topliss-reactive ketones (excluding diaryl/α,β-unsaturated/α-hetero) is 1. The zero-order valence-corrected chi connectivity index (χ0v) is 30.7. The number of hydrogen-bond donors (Lipinski definition) is 10. The lowest BCUT2D eigenvalue weighted by molar-refractivity contribution is -0.144. The first-order valence-electron chi connectivity index (χ1n) is 18.1. The van der Waals surface area contributed by atoms with Crippen molar-refractivity contribution in [2.75, 3.05) is 13.1 Å². The summed E-state index contributed by atoms with van der Waals surface area (Å²) in [7, 11) is 0. The van der Waals surface area contributed by atoms with Gasteiger partial charge in [0.1, 0.15) is 30.0 Å². The summed E-state index contributed by atoms with van der Waals surface area (Å²) in [4.78, 5) is 107. The van der Waals surface area contributed by atoms with Crippen LogP contribution in [-0.4, -0.2) is 117 Å². The number of nitrogens with one attached hydrogen (secondary N) is 5. The molecule has 302 valence electrons. The number of ketones is 1. The quantitative estimate of drug-likeness (QED) is 0.0405. The molecular weight excluding hydrogens is 700 g/mol. The molecule has 11 N–H and O–H groups in total. The molecule has 0 aromatic carbocycles. The van der Waals surface area contributed by atoms with Gasteiger partial charge in [-0.2, -0.15) is 0 Å². The molecule has 0 aromatic rings. The maximum atomic E-state index is 12.6. The van der Waals surface area contributed by atoms with E-state index < -0.39 is 97.4 Å². The van der Waals surface area contributed by atoms with E-state index in [1.165, 1.54) is 0 Å². The van der Waals surface area contributed by atoms with Crippen molar-refractivity contribution in [2.24, 2.45) is 5.73 Å². The van der Waals surface area contributed by atoms with Gasteiger partial charge in [0.15, 0.2) is 0 Å². The van der Waals surface area contributed by atoms with Crippen molar-refractivity contribution in [3.63, 3.8) is 0 Å². The van der Waals surface area contributed by atoms with Gasteiger partial charge in [0.25, 0.3) is 0 Å². The molecule has 0 heterocycles. The zero-order chi connectivity index (χ0) is 40.3. The number of aliphatic carboxylic acids is 4. The number of carboxylic acid groups (broad SMARTS) is 4. The molecule has 0 aromatic heterocycles. The van der Waals surface area contributed by atoms with Crippen LogP contribution < -0.4 is 32.3 Å². The highest BCUT2D eigenvalue weighted by Gasteiger charge is 2.26. The molecule has 0 radical (unpaired) electrons. The van der Waals surface area contributed by atoms with Gasteiger partial charge >= 0.3 is 23.9 Å². The van der Waals surface area contributed by atoms with Crippen LogP contribution in [0.4, 0.5) is 0 Å². The summed E-state index contributed by atoms with van der Waals surface area (Å²) in [5.41, 5.74) is 5.31. The van der Waals surface area contributed by atoms with Crippen LogP contribution in [0.3, 0.4) is 0 Å². The van der Waals surface area contributed by atoms with Crippen LogP contribution in [0, 0.1) is 0 Å². The van der Waals surface area contributed by atoms with Gasteiger partial charge in [-0.25, -0.2) is 14.4 Å². The molecule has 53 heavy (non-hydrogen) atoms. The van der Waals surface area contributed by atoms with Crippen LogP contribution in [-0.2, 0) is 43.2 Å². The first kappa shape index (κ1) is 48.3. The smallest absolute Gasteiger partial charge is 0.326 e. The van der Waals surface area contributed by atoms with E-state index in [9.17, 15) is 58.5 Å². The fourth-order valence-corrected chi connectivity index (χ4v) is 5.02. The Morgan fingerprint density at radius 3 is 1.34 bits per heavy atom. The van der Waals surface area contributed by atoms with Crippen LogP contribution >= 0.6 is 0 Å². The highest BCUT2D eigenvalue weighted by Crippen LogP contribution is 2.09. The van der Waals surface area contributed by atoms with Gasteiger partial charge in [-0.1, -0.05) is 26.7 Å². The van der Waals surface area contributed by atoms with Crippen LogP contribution in [0.15, 0.2) is 0 Å². The zero-order valence-electron chi connectivity index (χ0n) is 30.7. The molecule has 0 bridgehead atoms. The van der Waals surface area contributed by atoms with E-state index in [4.69, 9.17) is 10.8 Å². The maximum absolute atomic E-state index is 12.6. The highest BCUT2D eigenvalue weighted by molar-refractivity contribution is 5.88. The standard InChI is InChI=1S/C34H58N6O13/c1-3-5-6-10-26(41)22(36-19-4-2)9-7-8-20-37-27(42)16-12-23(32(48)49)39-29(44)18-14-25(34(52)53)40-30(45)17-13-24(33(50)51)38-28(43)15-11-21(35)31(46)47/h21-25,36H,3-20,35H2,1-2H3,(H,37,42)(H,38,43)(H,39,44)(H,40,45)(H,46,47)(H,48,49)(H,50,51)(H,52,53)/t21-,22?,23-,24-,25-/m0/s1. The summed E-state index contributed by atoms with van der Waals surface area (Å²) in [6.45, 7) is 5.15. The SMILES string of the molecule is CCCCCC(=O)C(CCCCNC(=O)CC[C@H](NC(=O)CC[C@H](NC(=O)CC[C@H](NC(=O)CC[C@H](N)C(=O)O)C(=O)O)C(=O)O)C(=O)O)NCCC. The number of nitrogens with two attached hydrogens (primary N) is 1. The molecule has 0 aliphatic rings. The summed E-state index contributed by atoms with van der Waals surface area (Å²) in [6, 6.07) is -6.13. The number of hydrogen-bond acceptors (Lipinski definition) is 11. The fourth-order valence-electron chi connectivity index (χ4n) is 5.02. The van der Waals surface area contributed by atoms with Crippen molar-refractivity contribution in [3.05, 3.63) is 0 Å². The predicted octanol–water partition coefficient (Wildman–Crippen LogP) is 0.0314. The molecule has 4 amide bonds. The van der Waals surface area contributed by atoms with Crippen molar-refractivity contribution < 1.29 is 63.6 Å². The van der Waals surface area contributed by atoms with Crippen molar-refractivity contribution in [2.45, 2.75) is 147 Å². The molecule has 0 saturated carbocycles. The maximum Gasteiger partial charge on any atom is 0.326 e. The molecular formula is C34H58N6O13. The minimum Gasteiger partial charge on any atom is -0.480 e. The first-order valence-corrected chi connectivity index (χ1v) is 18.1. The Balaban J connectivity index is 4.73.